The lowest BCUT2D eigenvalue weighted by Crippen LogP contribution is -3.20. The molecule has 2 amide bonds. The molecule has 0 spiro atoms. The van der Waals surface area contributed by atoms with Crippen molar-refractivity contribution in [2.24, 2.45) is 23.5 Å². The summed E-state index contributed by atoms with van der Waals surface area (Å²) in [6.45, 7) is 4.20. The van der Waals surface area contributed by atoms with Crippen LogP contribution in [0.5, 0.6) is 0 Å². The van der Waals surface area contributed by atoms with Crippen LogP contribution in [0.2, 0.25) is 0 Å². The molecule has 2 aromatic rings. The number of primary amides is 1. The first-order chi connectivity index (χ1) is 15.1. The molecule has 5 heterocycles. The fourth-order valence-electron chi connectivity index (χ4n) is 5.77. The van der Waals surface area contributed by atoms with Gasteiger partial charge in [0.25, 0.3) is 0 Å². The van der Waals surface area contributed by atoms with Crippen molar-refractivity contribution >= 4 is 11.8 Å². The molecule has 0 saturated carbocycles. The minimum absolute atomic E-state index is 0.0749. The van der Waals surface area contributed by atoms with Gasteiger partial charge in [-0.15, -0.1) is 5.10 Å². The summed E-state index contributed by atoms with van der Waals surface area (Å²) in [6.07, 6.45) is 5.61. The zero-order valence-corrected chi connectivity index (χ0v) is 17.8. The van der Waals surface area contributed by atoms with Gasteiger partial charge in [0.05, 0.1) is 31.7 Å². The van der Waals surface area contributed by atoms with Crippen molar-refractivity contribution in [2.45, 2.75) is 38.3 Å². The summed E-state index contributed by atoms with van der Waals surface area (Å²) in [4.78, 5) is 28.1. The Bertz CT molecular complexity index is 937. The minimum Gasteiger partial charge on any atom is -0.369 e. The van der Waals surface area contributed by atoms with Crippen molar-refractivity contribution < 1.29 is 14.5 Å². The second-order valence-corrected chi connectivity index (χ2v) is 9.39. The van der Waals surface area contributed by atoms with Gasteiger partial charge in [0.2, 0.25) is 11.8 Å². The number of likely N-dealkylation sites (tertiary alicyclic amines) is 1. The lowest BCUT2D eigenvalue weighted by molar-refractivity contribution is -0.945. The summed E-state index contributed by atoms with van der Waals surface area (Å²) < 4.78 is 1.96. The standard InChI is InChI=1S/C23H30N6O2/c24-22(30)17-6-9-27(10-7-17)23(31)20-14-28-11-8-18(20)12-19(28)13-29-15-21(25-26-29)16-4-2-1-3-5-16/h1-5,15,17-20H,6-14H2,(H2,24,30)/p+1/t18-,19-,20+/m1/s1. The quantitative estimate of drug-likeness (QED) is 0.705. The number of carbonyl (C=O) groups is 2. The fourth-order valence-corrected chi connectivity index (χ4v) is 5.77. The molecule has 6 rings (SSSR count). The number of amides is 2. The Hall–Kier alpha value is -2.74. The minimum atomic E-state index is -0.231. The Morgan fingerprint density at radius 3 is 2.58 bits per heavy atom. The van der Waals surface area contributed by atoms with Crippen LogP contribution in [0.4, 0.5) is 0 Å². The number of benzene rings is 1. The molecule has 4 aliphatic heterocycles. The third-order valence-corrected chi connectivity index (χ3v) is 7.59. The number of rotatable bonds is 5. The summed E-state index contributed by atoms with van der Waals surface area (Å²) in [5.74, 6) is 0.539. The number of hydrogen-bond acceptors (Lipinski definition) is 4. The van der Waals surface area contributed by atoms with Gasteiger partial charge in [-0.25, -0.2) is 4.68 Å². The number of aromatic nitrogens is 3. The summed E-state index contributed by atoms with van der Waals surface area (Å²) in [5.41, 5.74) is 7.42. The van der Waals surface area contributed by atoms with E-state index in [0.717, 1.165) is 43.7 Å². The number of fused-ring (bicyclic) bond motifs is 3. The molecule has 0 aliphatic carbocycles. The van der Waals surface area contributed by atoms with Crippen molar-refractivity contribution in [3.05, 3.63) is 36.5 Å². The van der Waals surface area contributed by atoms with E-state index in [4.69, 9.17) is 5.73 Å². The highest BCUT2D eigenvalue weighted by Gasteiger charge is 2.48. The van der Waals surface area contributed by atoms with Crippen molar-refractivity contribution in [3.8, 4) is 11.3 Å². The molecule has 4 saturated heterocycles. The van der Waals surface area contributed by atoms with Crippen LogP contribution in [0.3, 0.4) is 0 Å². The summed E-state index contributed by atoms with van der Waals surface area (Å²) in [5, 5.41) is 8.71. The predicted octanol–water partition coefficient (Wildman–Crippen LogP) is -0.0377. The number of nitrogens with one attached hydrogen (secondary N) is 1. The molecular weight excluding hydrogens is 392 g/mol. The first-order valence-corrected chi connectivity index (χ1v) is 11.5. The second kappa shape index (κ2) is 8.42. The van der Waals surface area contributed by atoms with Gasteiger partial charge < -0.3 is 15.5 Å². The number of nitrogens with zero attached hydrogens (tertiary/aromatic N) is 4. The third-order valence-electron chi connectivity index (χ3n) is 7.59. The van der Waals surface area contributed by atoms with Crippen LogP contribution in [0.1, 0.15) is 25.7 Å². The van der Waals surface area contributed by atoms with Crippen LogP contribution in [-0.4, -0.2) is 63.9 Å². The molecule has 4 atom stereocenters. The molecular formula is C23H31N6O2+. The van der Waals surface area contributed by atoms with Crippen molar-refractivity contribution in [1.82, 2.24) is 19.9 Å². The first kappa shape index (κ1) is 20.2. The second-order valence-electron chi connectivity index (χ2n) is 9.39. The first-order valence-electron chi connectivity index (χ1n) is 11.5. The Labute approximate surface area is 182 Å². The molecule has 4 aliphatic rings. The van der Waals surface area contributed by atoms with E-state index < -0.39 is 0 Å². The molecule has 0 radical (unpaired) electrons. The lowest BCUT2D eigenvalue weighted by atomic mass is 9.74. The zero-order valence-electron chi connectivity index (χ0n) is 17.8. The summed E-state index contributed by atoms with van der Waals surface area (Å²) >= 11 is 0. The van der Waals surface area contributed by atoms with Gasteiger partial charge in [0.1, 0.15) is 11.7 Å². The number of nitrogens with two attached hydrogens (primary N) is 1. The number of quaternary nitrogens is 1. The van der Waals surface area contributed by atoms with E-state index in [-0.39, 0.29) is 23.7 Å². The van der Waals surface area contributed by atoms with Crippen molar-refractivity contribution in [3.63, 3.8) is 0 Å². The Morgan fingerprint density at radius 2 is 1.90 bits per heavy atom. The van der Waals surface area contributed by atoms with Gasteiger partial charge in [0, 0.05) is 37.4 Å². The third kappa shape index (κ3) is 4.08. The van der Waals surface area contributed by atoms with Crippen LogP contribution in [0.15, 0.2) is 36.5 Å². The Balaban J connectivity index is 1.19. The van der Waals surface area contributed by atoms with E-state index in [1.165, 1.54) is 4.90 Å². The van der Waals surface area contributed by atoms with Crippen LogP contribution in [0.25, 0.3) is 11.3 Å². The Kier molecular flexibility index (Phi) is 5.48. The van der Waals surface area contributed by atoms with E-state index in [2.05, 4.69) is 10.3 Å². The molecule has 1 aromatic carbocycles. The number of hydrogen-bond donors (Lipinski definition) is 2. The normalized spacial score (nSPS) is 28.6. The van der Waals surface area contributed by atoms with E-state index >= 15 is 0 Å². The molecule has 164 valence electrons. The van der Waals surface area contributed by atoms with Crippen molar-refractivity contribution in [1.29, 1.82) is 0 Å². The summed E-state index contributed by atoms with van der Waals surface area (Å²) in [7, 11) is 0. The van der Waals surface area contributed by atoms with Crippen LogP contribution >= 0.6 is 0 Å². The topological polar surface area (TPSA) is 98.6 Å². The molecule has 31 heavy (non-hydrogen) atoms. The number of piperidine rings is 4. The van der Waals surface area contributed by atoms with Gasteiger partial charge in [-0.1, -0.05) is 35.5 Å². The number of carbonyl (C=O) groups excluding carboxylic acids is 2. The molecule has 1 unspecified atom stereocenters. The average Bonchev–Trinajstić information content (AvgIpc) is 3.28. The van der Waals surface area contributed by atoms with E-state index in [1.54, 1.807) is 0 Å². The monoisotopic (exact) mass is 423 g/mol. The van der Waals surface area contributed by atoms with Gasteiger partial charge in [0.15, 0.2) is 0 Å². The Morgan fingerprint density at radius 1 is 1.13 bits per heavy atom. The molecule has 2 bridgehead atoms. The van der Waals surface area contributed by atoms with Crippen LogP contribution < -0.4 is 10.6 Å². The smallest absolute Gasteiger partial charge is 0.231 e. The molecule has 4 fully saturated rings. The average molecular weight is 424 g/mol. The highest BCUT2D eigenvalue weighted by molar-refractivity contribution is 5.80. The lowest BCUT2D eigenvalue weighted by Gasteiger charge is -2.47. The van der Waals surface area contributed by atoms with Gasteiger partial charge >= 0.3 is 0 Å². The van der Waals surface area contributed by atoms with Gasteiger partial charge in [-0.3, -0.25) is 9.59 Å². The fraction of sp³-hybridized carbons (Fsp3) is 0.565. The molecule has 3 N–H and O–H groups in total. The summed E-state index contributed by atoms with van der Waals surface area (Å²) in [6, 6.07) is 10.6. The SMILES string of the molecule is NC(=O)C1CCN(C(=O)[C@H]2C[NH+]3CC[C@@H]2C[C@@H]3Cn2cc(-c3ccccc3)nn2)CC1. The molecule has 8 heteroatoms. The van der Waals surface area contributed by atoms with Gasteiger partial charge in [-0.05, 0) is 18.8 Å². The van der Waals surface area contributed by atoms with Crippen LogP contribution in [-0.2, 0) is 16.1 Å². The highest BCUT2D eigenvalue weighted by atomic mass is 16.2. The predicted molar refractivity (Wildman–Crippen MR) is 115 cm³/mol. The largest absolute Gasteiger partial charge is 0.369 e. The molecule has 1 aromatic heterocycles. The maximum atomic E-state index is 13.2. The maximum absolute atomic E-state index is 13.2. The zero-order chi connectivity index (χ0) is 21.4. The van der Waals surface area contributed by atoms with Crippen molar-refractivity contribution in [2.75, 3.05) is 26.2 Å². The molecule has 8 nitrogen and oxygen atoms in total. The van der Waals surface area contributed by atoms with E-state index in [0.29, 0.717) is 37.9 Å². The van der Waals surface area contributed by atoms with Crippen LogP contribution in [0, 0.1) is 17.8 Å². The maximum Gasteiger partial charge on any atom is 0.231 e. The van der Waals surface area contributed by atoms with Gasteiger partial charge in [-0.2, -0.15) is 0 Å². The van der Waals surface area contributed by atoms with E-state index in [1.807, 2.05) is 46.1 Å². The highest BCUT2D eigenvalue weighted by Crippen LogP contribution is 2.30. The van der Waals surface area contributed by atoms with E-state index in [9.17, 15) is 9.59 Å².